The third-order valence-electron chi connectivity index (χ3n) is 13.2. The van der Waals surface area contributed by atoms with E-state index in [0.717, 1.165) is 0 Å². The molecule has 0 aromatic rings. The van der Waals surface area contributed by atoms with Gasteiger partial charge in [0.15, 0.2) is 0 Å². The molecule has 16 unspecified atom stereocenters. The molecule has 0 radical (unpaired) electrons. The van der Waals surface area contributed by atoms with Crippen LogP contribution in [0.4, 0.5) is 0 Å². The van der Waals surface area contributed by atoms with E-state index < -0.39 is 0 Å². The molecule has 0 heterocycles. The smallest absolute Gasteiger partial charge is 0.0312 e. The minimum absolute atomic E-state index is 1.27. The van der Waals surface area contributed by atoms with Gasteiger partial charge in [-0.3, -0.25) is 0 Å². The molecule has 0 N–H and O–H groups in total. The van der Waals surface area contributed by atoms with Gasteiger partial charge in [-0.05, 0) is 132 Å². The van der Waals surface area contributed by atoms with Crippen LogP contribution in [-0.2, 0) is 0 Å². The standard InChI is InChI=1S/C22H26/c1-5-6-2-10-9(1)17-13(5)14(6)18(10)21(17)22-19-11-3-7-8-4-12(11)20(22)16(8)15(7)19/h5-22H,1-4H2. The van der Waals surface area contributed by atoms with E-state index in [-0.39, 0.29) is 0 Å². The van der Waals surface area contributed by atoms with Crippen molar-refractivity contribution in [2.75, 3.05) is 0 Å². The third-order valence-corrected chi connectivity index (χ3v) is 13.2. The summed E-state index contributed by atoms with van der Waals surface area (Å²) in [6, 6.07) is 0. The average Bonchev–Trinajstić information content (AvgIpc) is 3.19. The second kappa shape index (κ2) is 2.50. The third kappa shape index (κ3) is 0.619. The normalized spacial score (nSPS) is 92.7. The molecule has 0 amide bonds. The molecule has 10 saturated carbocycles. The fourth-order valence-electron chi connectivity index (χ4n) is 14.1. The van der Waals surface area contributed by atoms with Gasteiger partial charge in [0.2, 0.25) is 0 Å². The molecule has 10 aliphatic carbocycles. The summed E-state index contributed by atoms with van der Waals surface area (Å²) in [5.41, 5.74) is 0. The van der Waals surface area contributed by atoms with Crippen LogP contribution in [0.5, 0.6) is 0 Å². The summed E-state index contributed by atoms with van der Waals surface area (Å²) in [5, 5.41) is 0. The highest BCUT2D eigenvalue weighted by Crippen LogP contribution is 2.91. The van der Waals surface area contributed by atoms with Crippen molar-refractivity contribution in [3.05, 3.63) is 0 Å². The molecule has 4 bridgehead atoms. The summed E-state index contributed by atoms with van der Waals surface area (Å²) in [6.45, 7) is 0. The Labute approximate surface area is 132 Å². The highest BCUT2D eigenvalue weighted by Gasteiger charge is 2.86. The summed E-state index contributed by atoms with van der Waals surface area (Å²) in [6.07, 6.45) is 6.89. The topological polar surface area (TPSA) is 0 Å². The second-order valence-electron chi connectivity index (χ2n) is 12.0. The lowest BCUT2D eigenvalue weighted by molar-refractivity contribution is 0.0250. The van der Waals surface area contributed by atoms with Crippen LogP contribution >= 0.6 is 0 Å². The highest BCUT2D eigenvalue weighted by molar-refractivity contribution is 5.33. The molecule has 0 saturated heterocycles. The first kappa shape index (κ1) is 10.1. The van der Waals surface area contributed by atoms with Gasteiger partial charge in [-0.1, -0.05) is 0 Å². The molecular formula is C22H26. The first-order valence-corrected chi connectivity index (χ1v) is 10.9. The maximum Gasteiger partial charge on any atom is -0.0312 e. The van der Waals surface area contributed by atoms with Gasteiger partial charge in [0, 0.05) is 0 Å². The molecule has 10 fully saturated rings. The molecule has 10 rings (SSSR count). The van der Waals surface area contributed by atoms with Gasteiger partial charge in [-0.25, -0.2) is 0 Å². The Morgan fingerprint density at radius 3 is 0.636 bits per heavy atom. The van der Waals surface area contributed by atoms with Crippen molar-refractivity contribution in [1.29, 1.82) is 0 Å². The molecule has 114 valence electrons. The lowest BCUT2D eigenvalue weighted by Gasteiger charge is -2.45. The number of rotatable bonds is 1. The van der Waals surface area contributed by atoms with E-state index in [2.05, 4.69) is 0 Å². The summed E-state index contributed by atoms with van der Waals surface area (Å²) in [7, 11) is 0. The van der Waals surface area contributed by atoms with E-state index in [9.17, 15) is 0 Å². The first-order valence-electron chi connectivity index (χ1n) is 10.9. The van der Waals surface area contributed by atoms with E-state index in [1.807, 2.05) is 0 Å². The molecule has 0 spiro atoms. The SMILES string of the molecule is C1C2C3CC4C1C1C2C3C4C1C1C2C3CC4C5CC3C1C5C42. The van der Waals surface area contributed by atoms with Crippen molar-refractivity contribution in [2.45, 2.75) is 25.7 Å². The Bertz CT molecular complexity index is 550. The Kier molecular flexibility index (Phi) is 1.15. The van der Waals surface area contributed by atoms with Crippen molar-refractivity contribution >= 4 is 0 Å². The van der Waals surface area contributed by atoms with E-state index in [1.54, 1.807) is 25.7 Å². The Hall–Kier alpha value is 0. The van der Waals surface area contributed by atoms with E-state index >= 15 is 0 Å². The molecule has 0 heteroatoms. The number of fused-ring (bicyclic) bond motifs is 5. The van der Waals surface area contributed by atoms with Crippen molar-refractivity contribution < 1.29 is 0 Å². The van der Waals surface area contributed by atoms with Crippen molar-refractivity contribution in [3.63, 3.8) is 0 Å². The summed E-state index contributed by atoms with van der Waals surface area (Å²) < 4.78 is 0. The largest absolute Gasteiger partial charge is 0.0465 e. The molecule has 10 aliphatic rings. The van der Waals surface area contributed by atoms with Crippen LogP contribution in [0.3, 0.4) is 0 Å². The van der Waals surface area contributed by atoms with Crippen molar-refractivity contribution in [1.82, 2.24) is 0 Å². The van der Waals surface area contributed by atoms with Gasteiger partial charge in [-0.2, -0.15) is 0 Å². The number of hydrogen-bond acceptors (Lipinski definition) is 0. The van der Waals surface area contributed by atoms with Crippen LogP contribution < -0.4 is 0 Å². The Morgan fingerprint density at radius 2 is 0.409 bits per heavy atom. The Balaban J connectivity index is 1.20. The maximum absolute atomic E-state index is 1.72. The van der Waals surface area contributed by atoms with E-state index in [4.69, 9.17) is 0 Å². The van der Waals surface area contributed by atoms with Crippen LogP contribution in [0.2, 0.25) is 0 Å². The quantitative estimate of drug-likeness (QED) is 0.689. The van der Waals surface area contributed by atoms with Gasteiger partial charge in [0.1, 0.15) is 0 Å². The predicted molar refractivity (Wildman–Crippen MR) is 81.3 cm³/mol. The lowest BCUT2D eigenvalue weighted by atomic mass is 9.60. The van der Waals surface area contributed by atoms with E-state index in [0.29, 0.717) is 0 Å². The fraction of sp³-hybridized carbons (Fsp3) is 1.00. The number of hydrogen-bond donors (Lipinski definition) is 0. The second-order valence-corrected chi connectivity index (χ2v) is 12.0. The molecule has 0 aromatic carbocycles. The van der Waals surface area contributed by atoms with Crippen LogP contribution in [-0.4, -0.2) is 0 Å². The first-order chi connectivity index (χ1) is 10.9. The van der Waals surface area contributed by atoms with Crippen LogP contribution in [0.15, 0.2) is 0 Å². The predicted octanol–water partition coefficient (Wildman–Crippen LogP) is 3.77. The minimum Gasteiger partial charge on any atom is -0.0465 e. The molecular weight excluding hydrogens is 264 g/mol. The maximum atomic E-state index is 1.72. The van der Waals surface area contributed by atoms with Crippen LogP contribution in [0, 0.1) is 107 Å². The van der Waals surface area contributed by atoms with Crippen molar-refractivity contribution in [3.8, 4) is 0 Å². The summed E-state index contributed by atoms with van der Waals surface area (Å²) in [5.74, 6) is 23.1. The Morgan fingerprint density at radius 1 is 0.227 bits per heavy atom. The summed E-state index contributed by atoms with van der Waals surface area (Å²) in [4.78, 5) is 0. The van der Waals surface area contributed by atoms with Gasteiger partial charge in [-0.15, -0.1) is 0 Å². The van der Waals surface area contributed by atoms with Crippen LogP contribution in [0.1, 0.15) is 25.7 Å². The van der Waals surface area contributed by atoms with Gasteiger partial charge >= 0.3 is 0 Å². The molecule has 0 aliphatic heterocycles. The van der Waals surface area contributed by atoms with E-state index in [1.165, 1.54) is 107 Å². The van der Waals surface area contributed by atoms with Gasteiger partial charge in [0.05, 0.1) is 0 Å². The fourth-order valence-corrected chi connectivity index (χ4v) is 14.1. The zero-order valence-electron chi connectivity index (χ0n) is 13.2. The minimum atomic E-state index is 1.27. The summed E-state index contributed by atoms with van der Waals surface area (Å²) >= 11 is 0. The monoisotopic (exact) mass is 290 g/mol. The molecule has 16 atom stereocenters. The zero-order chi connectivity index (χ0) is 13.2. The van der Waals surface area contributed by atoms with Crippen LogP contribution in [0.25, 0.3) is 0 Å². The van der Waals surface area contributed by atoms with Crippen molar-refractivity contribution in [2.24, 2.45) is 107 Å². The van der Waals surface area contributed by atoms with Gasteiger partial charge < -0.3 is 0 Å². The van der Waals surface area contributed by atoms with Gasteiger partial charge in [0.25, 0.3) is 0 Å². The lowest BCUT2D eigenvalue weighted by Crippen LogP contribution is -2.40. The molecule has 0 nitrogen and oxygen atoms in total. The zero-order valence-corrected chi connectivity index (χ0v) is 13.2. The molecule has 22 heavy (non-hydrogen) atoms. The highest BCUT2D eigenvalue weighted by atomic mass is 14.9. The molecule has 0 aromatic heterocycles. The average molecular weight is 290 g/mol.